The normalized spacial score (nSPS) is 27.7. The molecular weight excluding hydrogens is 202 g/mol. The van der Waals surface area contributed by atoms with Gasteiger partial charge in [0.15, 0.2) is 0 Å². The second-order valence-corrected chi connectivity index (χ2v) is 4.53. The summed E-state index contributed by atoms with van der Waals surface area (Å²) in [6.07, 6.45) is 0. The Morgan fingerprint density at radius 2 is 2.07 bits per heavy atom. The van der Waals surface area contributed by atoms with Gasteiger partial charge in [-0.25, -0.2) is 0 Å². The largest absolute Gasteiger partial charge is 0.481 e. The molecule has 0 aromatic heterocycles. The van der Waals surface area contributed by atoms with Crippen molar-refractivity contribution in [2.75, 3.05) is 19.6 Å². The van der Waals surface area contributed by atoms with Crippen LogP contribution in [0.5, 0.6) is 0 Å². The van der Waals surface area contributed by atoms with Gasteiger partial charge >= 0.3 is 5.97 Å². The zero-order chi connectivity index (χ0) is 10.0. The van der Waals surface area contributed by atoms with E-state index in [4.69, 9.17) is 5.11 Å². The van der Waals surface area contributed by atoms with E-state index < -0.39 is 5.97 Å². The number of nitrogens with zero attached hydrogens (tertiary/aromatic N) is 1. The Bertz CT molecular complexity index is 197. The number of rotatable bonds is 3. The molecule has 1 aliphatic heterocycles. The first-order chi connectivity index (χ1) is 6.00. The minimum absolute atomic E-state index is 0. The van der Waals surface area contributed by atoms with Gasteiger partial charge in [-0.15, -0.1) is 12.4 Å². The van der Waals surface area contributed by atoms with Crippen LogP contribution in [0.3, 0.4) is 0 Å². The molecule has 2 atom stereocenters. The summed E-state index contributed by atoms with van der Waals surface area (Å²) in [5, 5.41) is 8.91. The molecule has 0 amide bonds. The molecule has 1 aliphatic rings. The summed E-state index contributed by atoms with van der Waals surface area (Å²) in [4.78, 5) is 13.1. The van der Waals surface area contributed by atoms with Gasteiger partial charge in [0.05, 0.1) is 5.92 Å². The first-order valence-electron chi connectivity index (χ1n) is 4.96. The number of halogens is 1. The van der Waals surface area contributed by atoms with Crippen LogP contribution in [-0.2, 0) is 4.79 Å². The van der Waals surface area contributed by atoms with E-state index in [0.29, 0.717) is 11.8 Å². The van der Waals surface area contributed by atoms with Crippen molar-refractivity contribution in [1.82, 2.24) is 4.90 Å². The van der Waals surface area contributed by atoms with Crippen LogP contribution in [0.1, 0.15) is 20.8 Å². The van der Waals surface area contributed by atoms with Crippen LogP contribution in [0.25, 0.3) is 0 Å². The fraction of sp³-hybridized carbons (Fsp3) is 0.900. The van der Waals surface area contributed by atoms with Gasteiger partial charge in [-0.2, -0.15) is 0 Å². The van der Waals surface area contributed by atoms with Gasteiger partial charge in [0.2, 0.25) is 0 Å². The third kappa shape index (κ3) is 3.46. The first kappa shape index (κ1) is 13.7. The topological polar surface area (TPSA) is 40.5 Å². The SMILES string of the molecule is CC(C)CN1C[C@@H](C)[C@H](C(=O)O)C1.Cl. The Balaban J connectivity index is 0.00000169. The highest BCUT2D eigenvalue weighted by Crippen LogP contribution is 2.23. The molecule has 4 heteroatoms. The van der Waals surface area contributed by atoms with E-state index in [2.05, 4.69) is 18.7 Å². The average Bonchev–Trinajstić information content (AvgIpc) is 2.29. The van der Waals surface area contributed by atoms with Crippen LogP contribution in [0.15, 0.2) is 0 Å². The lowest BCUT2D eigenvalue weighted by Crippen LogP contribution is -2.26. The highest BCUT2D eigenvalue weighted by atomic mass is 35.5. The van der Waals surface area contributed by atoms with Gasteiger partial charge in [-0.05, 0) is 11.8 Å². The molecule has 84 valence electrons. The molecule has 3 nitrogen and oxygen atoms in total. The van der Waals surface area contributed by atoms with E-state index >= 15 is 0 Å². The minimum atomic E-state index is -0.640. The number of hydrogen-bond acceptors (Lipinski definition) is 2. The number of carboxylic acid groups (broad SMARTS) is 1. The molecule has 0 bridgehead atoms. The second kappa shape index (κ2) is 5.56. The molecule has 0 aromatic carbocycles. The first-order valence-corrected chi connectivity index (χ1v) is 4.96. The zero-order valence-corrected chi connectivity index (χ0v) is 9.88. The van der Waals surface area contributed by atoms with Crippen LogP contribution in [0, 0.1) is 17.8 Å². The minimum Gasteiger partial charge on any atom is -0.481 e. The van der Waals surface area contributed by atoms with Gasteiger partial charge in [0.1, 0.15) is 0 Å². The molecule has 1 fully saturated rings. The Hall–Kier alpha value is -0.280. The summed E-state index contributed by atoms with van der Waals surface area (Å²) in [5.41, 5.74) is 0. The summed E-state index contributed by atoms with van der Waals surface area (Å²) in [6, 6.07) is 0. The molecule has 0 radical (unpaired) electrons. The van der Waals surface area contributed by atoms with Crippen molar-refractivity contribution in [2.24, 2.45) is 17.8 Å². The maximum atomic E-state index is 10.8. The number of carbonyl (C=O) groups is 1. The van der Waals surface area contributed by atoms with E-state index in [1.807, 2.05) is 6.92 Å². The highest BCUT2D eigenvalue weighted by molar-refractivity contribution is 5.85. The summed E-state index contributed by atoms with van der Waals surface area (Å²) in [7, 11) is 0. The average molecular weight is 222 g/mol. The fourth-order valence-corrected chi connectivity index (χ4v) is 2.05. The predicted molar refractivity (Wildman–Crippen MR) is 58.8 cm³/mol. The summed E-state index contributed by atoms with van der Waals surface area (Å²) >= 11 is 0. The quantitative estimate of drug-likeness (QED) is 0.789. The second-order valence-electron chi connectivity index (χ2n) is 4.53. The fourth-order valence-electron chi connectivity index (χ4n) is 2.05. The molecule has 1 N–H and O–H groups in total. The third-order valence-corrected chi connectivity index (χ3v) is 2.63. The molecule has 1 rings (SSSR count). The van der Waals surface area contributed by atoms with Crippen LogP contribution >= 0.6 is 12.4 Å². The molecule has 0 spiro atoms. The van der Waals surface area contributed by atoms with Crippen molar-refractivity contribution < 1.29 is 9.90 Å². The molecule has 0 aromatic rings. The van der Waals surface area contributed by atoms with E-state index in [9.17, 15) is 4.79 Å². The monoisotopic (exact) mass is 221 g/mol. The number of likely N-dealkylation sites (tertiary alicyclic amines) is 1. The lowest BCUT2D eigenvalue weighted by Gasteiger charge is -2.17. The molecular formula is C10H20ClNO2. The standard InChI is InChI=1S/C10H19NO2.ClH/c1-7(2)4-11-5-8(3)9(6-11)10(12)13;/h7-9H,4-6H2,1-3H3,(H,12,13);1H/t8-,9-;/m1./s1. The lowest BCUT2D eigenvalue weighted by molar-refractivity contribution is -0.142. The van der Waals surface area contributed by atoms with Crippen molar-refractivity contribution >= 4 is 18.4 Å². The number of carboxylic acids is 1. The van der Waals surface area contributed by atoms with Gasteiger partial charge < -0.3 is 10.0 Å². The Morgan fingerprint density at radius 3 is 2.43 bits per heavy atom. The zero-order valence-electron chi connectivity index (χ0n) is 9.06. The summed E-state index contributed by atoms with van der Waals surface area (Å²) in [6.45, 7) is 9.05. The van der Waals surface area contributed by atoms with Crippen LogP contribution in [0.4, 0.5) is 0 Å². The van der Waals surface area contributed by atoms with Crippen molar-refractivity contribution in [3.05, 3.63) is 0 Å². The Morgan fingerprint density at radius 1 is 1.50 bits per heavy atom. The van der Waals surface area contributed by atoms with Crippen LogP contribution in [0.2, 0.25) is 0 Å². The van der Waals surface area contributed by atoms with Crippen molar-refractivity contribution in [3.8, 4) is 0 Å². The Labute approximate surface area is 91.9 Å². The van der Waals surface area contributed by atoms with E-state index in [0.717, 1.165) is 19.6 Å². The Kier molecular flexibility index (Phi) is 5.45. The van der Waals surface area contributed by atoms with Crippen molar-refractivity contribution in [3.63, 3.8) is 0 Å². The summed E-state index contributed by atoms with van der Waals surface area (Å²) in [5.74, 6) is 0.133. The van der Waals surface area contributed by atoms with E-state index in [-0.39, 0.29) is 18.3 Å². The van der Waals surface area contributed by atoms with Crippen LogP contribution in [-0.4, -0.2) is 35.6 Å². The van der Waals surface area contributed by atoms with Gasteiger partial charge in [-0.3, -0.25) is 4.79 Å². The maximum absolute atomic E-state index is 10.8. The number of aliphatic carboxylic acids is 1. The van der Waals surface area contributed by atoms with Crippen molar-refractivity contribution in [1.29, 1.82) is 0 Å². The highest BCUT2D eigenvalue weighted by Gasteiger charge is 2.34. The molecule has 1 saturated heterocycles. The number of hydrogen-bond donors (Lipinski definition) is 1. The van der Waals surface area contributed by atoms with Gasteiger partial charge in [0, 0.05) is 19.6 Å². The van der Waals surface area contributed by atoms with Gasteiger partial charge in [-0.1, -0.05) is 20.8 Å². The molecule has 0 unspecified atom stereocenters. The van der Waals surface area contributed by atoms with Gasteiger partial charge in [0.25, 0.3) is 0 Å². The molecule has 14 heavy (non-hydrogen) atoms. The lowest BCUT2D eigenvalue weighted by atomic mass is 9.99. The van der Waals surface area contributed by atoms with Crippen molar-refractivity contribution in [2.45, 2.75) is 20.8 Å². The molecule has 0 aliphatic carbocycles. The van der Waals surface area contributed by atoms with Crippen LogP contribution < -0.4 is 0 Å². The predicted octanol–water partition coefficient (Wildman–Crippen LogP) is 1.72. The smallest absolute Gasteiger partial charge is 0.308 e. The molecule has 0 saturated carbocycles. The third-order valence-electron chi connectivity index (χ3n) is 2.63. The van der Waals surface area contributed by atoms with E-state index in [1.54, 1.807) is 0 Å². The van der Waals surface area contributed by atoms with E-state index in [1.165, 1.54) is 0 Å². The summed E-state index contributed by atoms with van der Waals surface area (Å²) < 4.78 is 0. The maximum Gasteiger partial charge on any atom is 0.308 e. The molecule has 1 heterocycles.